The molecule has 0 saturated heterocycles. The average molecular weight is 657 g/mol. The first-order valence-corrected chi connectivity index (χ1v) is 18.5. The maximum Gasteiger partial charge on any atom is 0.0520 e. The van der Waals surface area contributed by atoms with Gasteiger partial charge in [0, 0.05) is 22.7 Å². The topological polar surface area (TPSA) is 6.48 Å². The summed E-state index contributed by atoms with van der Waals surface area (Å²) in [5.41, 5.74) is 17.7. The summed E-state index contributed by atoms with van der Waals surface area (Å²) in [5, 5.41) is 0. The van der Waals surface area contributed by atoms with Crippen molar-refractivity contribution in [2.24, 2.45) is 0 Å². The van der Waals surface area contributed by atoms with Crippen LogP contribution in [0.15, 0.2) is 133 Å². The van der Waals surface area contributed by atoms with E-state index in [-0.39, 0.29) is 0 Å². The van der Waals surface area contributed by atoms with Crippen LogP contribution in [0.4, 0.5) is 34.1 Å². The minimum Gasteiger partial charge on any atom is -0.310 e. The molecule has 0 aliphatic carbocycles. The molecule has 2 heteroatoms. The van der Waals surface area contributed by atoms with E-state index < -0.39 is 0 Å². The van der Waals surface area contributed by atoms with E-state index in [2.05, 4.69) is 185 Å². The van der Waals surface area contributed by atoms with Crippen molar-refractivity contribution >= 4 is 34.1 Å². The van der Waals surface area contributed by atoms with Gasteiger partial charge < -0.3 is 9.80 Å². The zero-order valence-corrected chi connectivity index (χ0v) is 30.8. The van der Waals surface area contributed by atoms with Gasteiger partial charge >= 0.3 is 0 Å². The molecule has 6 rings (SSSR count). The highest BCUT2D eigenvalue weighted by atomic mass is 15.2. The molecule has 0 radical (unpaired) electrons. The molecule has 254 valence electrons. The minimum atomic E-state index is 1.13. The number of hydrogen-bond donors (Lipinski definition) is 0. The van der Waals surface area contributed by atoms with Crippen molar-refractivity contribution in [3.63, 3.8) is 0 Å². The summed E-state index contributed by atoms with van der Waals surface area (Å²) < 4.78 is 0. The van der Waals surface area contributed by atoms with Crippen molar-refractivity contribution in [3.8, 4) is 11.1 Å². The van der Waals surface area contributed by atoms with Gasteiger partial charge in [0.1, 0.15) is 0 Å². The molecule has 0 amide bonds. The van der Waals surface area contributed by atoms with E-state index in [0.717, 1.165) is 24.2 Å². The Morgan fingerprint density at radius 1 is 0.380 bits per heavy atom. The first-order valence-electron chi connectivity index (χ1n) is 18.5. The van der Waals surface area contributed by atoms with Crippen molar-refractivity contribution < 1.29 is 0 Å². The van der Waals surface area contributed by atoms with Crippen LogP contribution in [0.1, 0.15) is 72.9 Å². The zero-order valence-electron chi connectivity index (χ0n) is 30.8. The Labute approximate surface area is 301 Å². The van der Waals surface area contributed by atoms with Crippen LogP contribution in [0.5, 0.6) is 0 Å². The van der Waals surface area contributed by atoms with Crippen LogP contribution in [0, 0.1) is 27.7 Å². The van der Waals surface area contributed by atoms with Crippen LogP contribution in [0.3, 0.4) is 0 Å². The molecule has 0 aromatic heterocycles. The van der Waals surface area contributed by atoms with Crippen LogP contribution < -0.4 is 9.80 Å². The maximum atomic E-state index is 2.41. The summed E-state index contributed by atoms with van der Waals surface area (Å²) in [6, 6.07) is 49.1. The number of unbranched alkanes of at least 4 members (excludes halogenated alkanes) is 2. The second-order valence-electron chi connectivity index (χ2n) is 13.8. The lowest BCUT2D eigenvalue weighted by Crippen LogP contribution is -2.13. The van der Waals surface area contributed by atoms with E-state index >= 15 is 0 Å². The summed E-state index contributed by atoms with van der Waals surface area (Å²) in [6.45, 7) is 13.5. The van der Waals surface area contributed by atoms with Gasteiger partial charge in [0.2, 0.25) is 0 Å². The summed E-state index contributed by atoms with van der Waals surface area (Å²) in [7, 11) is 0. The number of benzene rings is 6. The molecule has 0 bridgehead atoms. The van der Waals surface area contributed by atoms with Crippen LogP contribution in [-0.2, 0) is 12.8 Å². The smallest absolute Gasteiger partial charge is 0.0520 e. The zero-order chi connectivity index (χ0) is 35.0. The van der Waals surface area contributed by atoms with E-state index in [0.29, 0.717) is 0 Å². The molecule has 0 fully saturated rings. The molecular weight excluding hydrogens is 605 g/mol. The third-order valence-corrected chi connectivity index (χ3v) is 9.80. The molecule has 0 saturated carbocycles. The van der Waals surface area contributed by atoms with Gasteiger partial charge in [-0.15, -0.1) is 0 Å². The molecule has 0 atom stereocenters. The Balaban J connectivity index is 1.33. The quantitative estimate of drug-likeness (QED) is 0.122. The Morgan fingerprint density at radius 2 is 0.680 bits per heavy atom. The van der Waals surface area contributed by atoms with Crippen molar-refractivity contribution in [3.05, 3.63) is 167 Å². The lowest BCUT2D eigenvalue weighted by Gasteiger charge is -2.30. The highest BCUT2D eigenvalue weighted by Crippen LogP contribution is 2.42. The fourth-order valence-corrected chi connectivity index (χ4v) is 7.42. The second-order valence-corrected chi connectivity index (χ2v) is 13.8. The molecule has 0 aliphatic rings. The maximum absolute atomic E-state index is 2.41. The number of anilines is 6. The molecule has 0 aliphatic heterocycles. The van der Waals surface area contributed by atoms with Gasteiger partial charge in [-0.25, -0.2) is 0 Å². The highest BCUT2D eigenvalue weighted by Gasteiger charge is 2.20. The average Bonchev–Trinajstić information content (AvgIpc) is 3.14. The largest absolute Gasteiger partial charge is 0.310 e. The van der Waals surface area contributed by atoms with Gasteiger partial charge in [0.25, 0.3) is 0 Å². The Kier molecular flexibility index (Phi) is 11.2. The third-order valence-electron chi connectivity index (χ3n) is 9.80. The van der Waals surface area contributed by atoms with E-state index in [1.165, 1.54) is 92.9 Å². The second kappa shape index (κ2) is 16.1. The van der Waals surface area contributed by atoms with E-state index in [9.17, 15) is 0 Å². The molecule has 6 aromatic carbocycles. The van der Waals surface area contributed by atoms with Gasteiger partial charge in [-0.05, 0) is 146 Å². The third kappa shape index (κ3) is 7.71. The lowest BCUT2D eigenvalue weighted by atomic mass is 9.98. The Hall–Kier alpha value is -5.08. The van der Waals surface area contributed by atoms with Crippen molar-refractivity contribution in [1.29, 1.82) is 0 Å². The molecular formula is C48H52N2. The molecule has 2 nitrogen and oxygen atoms in total. The SMILES string of the molecule is CCCCc1cc(C)c(N(c2ccccc2)c2ccc(-c3ccc(N(c4ccccc4)c4c(C)cc(CCCC)cc4C)cc3)cc2)c(C)c1. The number of para-hydroxylation sites is 2. The number of aryl methyl sites for hydroxylation is 6. The Bertz CT molecular complexity index is 1800. The predicted octanol–water partition coefficient (Wildman–Crippen LogP) is 14.2. The van der Waals surface area contributed by atoms with E-state index in [4.69, 9.17) is 0 Å². The van der Waals surface area contributed by atoms with Gasteiger partial charge in [-0.3, -0.25) is 0 Å². The van der Waals surface area contributed by atoms with Crippen molar-refractivity contribution in [1.82, 2.24) is 0 Å². The van der Waals surface area contributed by atoms with Crippen LogP contribution in [-0.4, -0.2) is 0 Å². The first-order chi connectivity index (χ1) is 24.4. The van der Waals surface area contributed by atoms with Crippen LogP contribution in [0.2, 0.25) is 0 Å². The predicted molar refractivity (Wildman–Crippen MR) is 217 cm³/mol. The van der Waals surface area contributed by atoms with Gasteiger partial charge in [0.05, 0.1) is 11.4 Å². The first kappa shape index (κ1) is 34.8. The van der Waals surface area contributed by atoms with E-state index in [1.54, 1.807) is 0 Å². The van der Waals surface area contributed by atoms with Crippen LogP contribution in [0.25, 0.3) is 11.1 Å². The molecule has 50 heavy (non-hydrogen) atoms. The molecule has 0 spiro atoms. The van der Waals surface area contributed by atoms with Crippen molar-refractivity contribution in [2.45, 2.75) is 80.1 Å². The van der Waals surface area contributed by atoms with Crippen molar-refractivity contribution in [2.75, 3.05) is 9.80 Å². The Morgan fingerprint density at radius 3 is 0.980 bits per heavy atom. The van der Waals surface area contributed by atoms with Gasteiger partial charge in [-0.1, -0.05) is 112 Å². The summed E-state index contributed by atoms with van der Waals surface area (Å²) in [5.74, 6) is 0. The highest BCUT2D eigenvalue weighted by molar-refractivity contribution is 5.84. The monoisotopic (exact) mass is 656 g/mol. The fourth-order valence-electron chi connectivity index (χ4n) is 7.42. The normalized spacial score (nSPS) is 11.1. The van der Waals surface area contributed by atoms with Gasteiger partial charge in [0.15, 0.2) is 0 Å². The van der Waals surface area contributed by atoms with Crippen LogP contribution >= 0.6 is 0 Å². The van der Waals surface area contributed by atoms with E-state index in [1.807, 2.05) is 0 Å². The molecule has 0 heterocycles. The standard InChI is InChI=1S/C48H52N2/c1-7-9-17-39-31-35(3)47(36(4)32-39)49(43-19-13-11-14-20-43)45-27-23-41(24-28-45)42-25-29-46(30-26-42)50(44-21-15-12-16-22-44)48-37(5)33-40(18-10-8-2)34-38(48)6/h11-16,19-34H,7-10,17-18H2,1-6H3. The molecule has 6 aromatic rings. The van der Waals surface area contributed by atoms with Gasteiger partial charge in [-0.2, -0.15) is 0 Å². The summed E-state index contributed by atoms with van der Waals surface area (Å²) >= 11 is 0. The minimum absolute atomic E-state index is 1.13. The number of hydrogen-bond acceptors (Lipinski definition) is 2. The number of rotatable bonds is 13. The molecule has 0 unspecified atom stereocenters. The number of nitrogens with zero attached hydrogens (tertiary/aromatic N) is 2. The fraction of sp³-hybridized carbons (Fsp3) is 0.250. The molecule has 0 N–H and O–H groups in total. The summed E-state index contributed by atoms with van der Waals surface area (Å²) in [6.07, 6.45) is 7.12. The summed E-state index contributed by atoms with van der Waals surface area (Å²) in [4.78, 5) is 4.83. The lowest BCUT2D eigenvalue weighted by molar-refractivity contribution is 0.794.